The maximum atomic E-state index is 11.0. The summed E-state index contributed by atoms with van der Waals surface area (Å²) in [5, 5.41) is 8.34. The molecule has 2 aromatic heterocycles. The first-order valence-corrected chi connectivity index (χ1v) is 3.16. The Kier molecular flexibility index (Phi) is 1.18. The third-order valence-electron chi connectivity index (χ3n) is 1.48. The lowest BCUT2D eigenvalue weighted by Gasteiger charge is -1.70. The van der Waals surface area contributed by atoms with Crippen LogP contribution in [0.1, 0.15) is 0 Å². The standard InChI is InChI=1S/C7H5N3O/c11-7-6-4-8-3-5(6)1-2-9-10-7/h1-4,8H. The van der Waals surface area contributed by atoms with E-state index in [2.05, 4.69) is 15.2 Å². The highest BCUT2D eigenvalue weighted by atomic mass is 16.1. The maximum Gasteiger partial charge on any atom is 0.297 e. The van der Waals surface area contributed by atoms with Gasteiger partial charge in [0.25, 0.3) is 5.56 Å². The summed E-state index contributed by atoms with van der Waals surface area (Å²) >= 11 is 0. The summed E-state index contributed by atoms with van der Waals surface area (Å²) in [6.45, 7) is 0. The van der Waals surface area contributed by atoms with Gasteiger partial charge >= 0.3 is 0 Å². The Morgan fingerprint density at radius 1 is 1.36 bits per heavy atom. The molecule has 0 unspecified atom stereocenters. The van der Waals surface area contributed by atoms with Gasteiger partial charge in [0.05, 0.1) is 11.6 Å². The lowest BCUT2D eigenvalue weighted by atomic mass is 10.3. The Labute approximate surface area is 61.9 Å². The van der Waals surface area contributed by atoms with Crippen LogP contribution in [0.3, 0.4) is 0 Å². The zero-order valence-corrected chi connectivity index (χ0v) is 5.61. The molecule has 0 radical (unpaired) electrons. The number of nitrogens with zero attached hydrogens (tertiary/aromatic N) is 2. The monoisotopic (exact) mass is 147 g/mol. The Hall–Kier alpha value is -1.71. The van der Waals surface area contributed by atoms with Crippen molar-refractivity contribution in [3.05, 3.63) is 35.0 Å². The molecule has 1 N–H and O–H groups in total. The Balaban J connectivity index is 3.09. The highest BCUT2D eigenvalue weighted by Crippen LogP contribution is 2.03. The summed E-state index contributed by atoms with van der Waals surface area (Å²) in [5.41, 5.74) is -0.300. The molecule has 0 aromatic carbocycles. The van der Waals surface area contributed by atoms with Crippen LogP contribution in [0.15, 0.2) is 29.5 Å². The van der Waals surface area contributed by atoms with Crippen molar-refractivity contribution in [1.82, 2.24) is 15.2 Å². The van der Waals surface area contributed by atoms with Crippen molar-refractivity contribution in [2.75, 3.05) is 0 Å². The second-order valence-electron chi connectivity index (χ2n) is 2.16. The van der Waals surface area contributed by atoms with E-state index in [0.717, 1.165) is 5.39 Å². The van der Waals surface area contributed by atoms with Crippen molar-refractivity contribution in [2.24, 2.45) is 0 Å². The van der Waals surface area contributed by atoms with Gasteiger partial charge in [0.2, 0.25) is 0 Å². The molecule has 0 atom stereocenters. The second-order valence-corrected chi connectivity index (χ2v) is 2.16. The summed E-state index contributed by atoms with van der Waals surface area (Å²) in [7, 11) is 0. The van der Waals surface area contributed by atoms with Crippen LogP contribution in [0, 0.1) is 0 Å². The Morgan fingerprint density at radius 2 is 2.27 bits per heavy atom. The first kappa shape index (κ1) is 6.03. The fourth-order valence-electron chi connectivity index (χ4n) is 0.952. The largest absolute Gasteiger partial charge is 0.366 e. The van der Waals surface area contributed by atoms with Gasteiger partial charge in [0.15, 0.2) is 0 Å². The predicted molar refractivity (Wildman–Crippen MR) is 40.2 cm³/mol. The molecule has 0 aliphatic rings. The fourth-order valence-corrected chi connectivity index (χ4v) is 0.952. The van der Waals surface area contributed by atoms with Gasteiger partial charge in [0.1, 0.15) is 0 Å². The minimum Gasteiger partial charge on any atom is -0.366 e. The smallest absolute Gasteiger partial charge is 0.297 e. The molecule has 2 heterocycles. The van der Waals surface area contributed by atoms with E-state index in [1.54, 1.807) is 18.5 Å². The van der Waals surface area contributed by atoms with Crippen molar-refractivity contribution in [2.45, 2.75) is 0 Å². The van der Waals surface area contributed by atoms with Crippen LogP contribution >= 0.6 is 0 Å². The number of aromatic amines is 1. The molecule has 0 aliphatic heterocycles. The van der Waals surface area contributed by atoms with Gasteiger partial charge < -0.3 is 4.98 Å². The average Bonchev–Trinajstić information content (AvgIpc) is 2.40. The predicted octanol–water partition coefficient (Wildman–Crippen LogP) is 0.318. The van der Waals surface area contributed by atoms with Crippen LogP contribution in [-0.2, 0) is 0 Å². The molecule has 4 nitrogen and oxygen atoms in total. The van der Waals surface area contributed by atoms with Crippen LogP contribution in [-0.4, -0.2) is 15.2 Å². The van der Waals surface area contributed by atoms with Gasteiger partial charge in [-0.1, -0.05) is 0 Å². The number of rotatable bonds is 0. The van der Waals surface area contributed by atoms with Gasteiger partial charge in [-0.15, -0.1) is 5.10 Å². The highest BCUT2D eigenvalue weighted by molar-refractivity contribution is 5.79. The lowest BCUT2D eigenvalue weighted by Crippen LogP contribution is -2.01. The van der Waals surface area contributed by atoms with Crippen LogP contribution in [0.4, 0.5) is 0 Å². The first-order chi connectivity index (χ1) is 5.38. The quantitative estimate of drug-likeness (QED) is 0.583. The van der Waals surface area contributed by atoms with Crippen molar-refractivity contribution in [3.8, 4) is 0 Å². The number of aromatic nitrogens is 3. The molecular weight excluding hydrogens is 142 g/mol. The van der Waals surface area contributed by atoms with Crippen molar-refractivity contribution in [3.63, 3.8) is 0 Å². The first-order valence-electron chi connectivity index (χ1n) is 3.16. The average molecular weight is 147 g/mol. The molecule has 2 rings (SSSR count). The van der Waals surface area contributed by atoms with E-state index >= 15 is 0 Å². The molecule has 0 spiro atoms. The van der Waals surface area contributed by atoms with E-state index in [0.29, 0.717) is 5.39 Å². The number of nitrogens with one attached hydrogen (secondary N) is 1. The summed E-state index contributed by atoms with van der Waals surface area (Å²) in [6.07, 6.45) is 4.85. The van der Waals surface area contributed by atoms with E-state index in [1.807, 2.05) is 0 Å². The van der Waals surface area contributed by atoms with Crippen molar-refractivity contribution in [1.29, 1.82) is 0 Å². The van der Waals surface area contributed by atoms with E-state index in [4.69, 9.17) is 0 Å². The molecular formula is C7H5N3O. The van der Waals surface area contributed by atoms with Gasteiger partial charge in [-0.25, -0.2) is 0 Å². The topological polar surface area (TPSA) is 58.6 Å². The van der Waals surface area contributed by atoms with Crippen LogP contribution < -0.4 is 5.56 Å². The molecule has 2 aromatic rings. The number of H-pyrrole nitrogens is 1. The maximum absolute atomic E-state index is 11.0. The Bertz CT molecular complexity index is 435. The molecule has 0 fully saturated rings. The van der Waals surface area contributed by atoms with E-state index in [-0.39, 0.29) is 5.56 Å². The summed E-state index contributed by atoms with van der Waals surface area (Å²) in [4.78, 5) is 13.9. The van der Waals surface area contributed by atoms with Gasteiger partial charge in [-0.2, -0.15) is 5.10 Å². The van der Waals surface area contributed by atoms with Crippen molar-refractivity contribution < 1.29 is 0 Å². The second kappa shape index (κ2) is 2.16. The minimum atomic E-state index is -0.300. The molecule has 0 amide bonds. The van der Waals surface area contributed by atoms with Crippen molar-refractivity contribution >= 4 is 10.8 Å². The van der Waals surface area contributed by atoms with Gasteiger partial charge in [-0.05, 0) is 6.07 Å². The molecule has 54 valence electrons. The molecule has 0 aliphatic carbocycles. The molecule has 0 saturated heterocycles. The lowest BCUT2D eigenvalue weighted by molar-refractivity contribution is 1.02. The van der Waals surface area contributed by atoms with Crippen LogP contribution in [0.2, 0.25) is 0 Å². The van der Waals surface area contributed by atoms with E-state index in [9.17, 15) is 4.79 Å². The van der Waals surface area contributed by atoms with Crippen LogP contribution in [0.5, 0.6) is 0 Å². The third-order valence-corrected chi connectivity index (χ3v) is 1.48. The van der Waals surface area contributed by atoms with Crippen LogP contribution in [0.25, 0.3) is 10.8 Å². The SMILES string of the molecule is O=c1nnccc2c[nH]cc12. The molecule has 0 bridgehead atoms. The highest BCUT2D eigenvalue weighted by Gasteiger charge is 1.95. The van der Waals surface area contributed by atoms with Gasteiger partial charge in [0, 0.05) is 17.8 Å². The molecule has 4 heteroatoms. The van der Waals surface area contributed by atoms with E-state index in [1.165, 1.54) is 6.20 Å². The number of fused-ring (bicyclic) bond motifs is 1. The summed E-state index contributed by atoms with van der Waals surface area (Å²) < 4.78 is 0. The third kappa shape index (κ3) is 0.881. The summed E-state index contributed by atoms with van der Waals surface area (Å²) in [6, 6.07) is 1.74. The van der Waals surface area contributed by atoms with Gasteiger partial charge in [-0.3, -0.25) is 4.79 Å². The molecule has 0 saturated carbocycles. The Morgan fingerprint density at radius 3 is 3.18 bits per heavy atom. The minimum absolute atomic E-state index is 0.300. The fraction of sp³-hybridized carbons (Fsp3) is 0. The zero-order chi connectivity index (χ0) is 7.68. The molecule has 11 heavy (non-hydrogen) atoms. The van der Waals surface area contributed by atoms with E-state index < -0.39 is 0 Å². The summed E-state index contributed by atoms with van der Waals surface area (Å²) in [5.74, 6) is 0. The number of hydrogen-bond acceptors (Lipinski definition) is 3. The zero-order valence-electron chi connectivity index (χ0n) is 5.61. The normalized spacial score (nSPS) is 10.2. The number of hydrogen-bond donors (Lipinski definition) is 1.